The highest BCUT2D eigenvalue weighted by Crippen LogP contribution is 2.09. The van der Waals surface area contributed by atoms with Crippen molar-refractivity contribution in [3.8, 4) is 0 Å². The molecule has 0 bridgehead atoms. The Kier molecular flexibility index (Phi) is 10.3. The summed E-state index contributed by atoms with van der Waals surface area (Å²) in [4.78, 5) is 29.9. The zero-order chi connectivity index (χ0) is 23.5. The molecule has 7 heteroatoms. The van der Waals surface area contributed by atoms with Crippen LogP contribution in [0.25, 0.3) is 0 Å². The number of benzene rings is 2. The van der Waals surface area contributed by atoms with E-state index in [2.05, 4.69) is 35.8 Å². The molecule has 0 spiro atoms. The Balaban J connectivity index is 1.68. The van der Waals surface area contributed by atoms with E-state index in [0.717, 1.165) is 39.3 Å². The Morgan fingerprint density at radius 3 is 1.22 bits per heavy atom. The average molecular weight is 442 g/mol. The van der Waals surface area contributed by atoms with E-state index in [0.29, 0.717) is 11.1 Å². The van der Waals surface area contributed by atoms with Crippen molar-refractivity contribution in [1.82, 2.24) is 14.7 Å². The quantitative estimate of drug-likeness (QED) is 0.469. The van der Waals surface area contributed by atoms with Gasteiger partial charge in [0.1, 0.15) is 0 Å². The molecule has 2 aromatic carbocycles. The van der Waals surface area contributed by atoms with Gasteiger partial charge in [0.25, 0.3) is 0 Å². The molecule has 2 rings (SSSR count). The number of methoxy groups -OCH3 is 2. The molecule has 2 aromatic rings. The fourth-order valence-corrected chi connectivity index (χ4v) is 3.30. The van der Waals surface area contributed by atoms with Gasteiger partial charge >= 0.3 is 11.9 Å². The van der Waals surface area contributed by atoms with Crippen LogP contribution in [-0.4, -0.2) is 88.2 Å². The van der Waals surface area contributed by atoms with E-state index in [9.17, 15) is 9.59 Å². The predicted molar refractivity (Wildman–Crippen MR) is 126 cm³/mol. The van der Waals surface area contributed by atoms with Crippen molar-refractivity contribution in [2.75, 3.05) is 61.5 Å². The molecule has 0 N–H and O–H groups in total. The SMILES string of the molecule is COC(=O)c1ccc(CN(C)CCN(C)CCN(C)Cc2ccc(C(=O)OC)cc2)cc1. The van der Waals surface area contributed by atoms with Gasteiger partial charge < -0.3 is 24.2 Å². The van der Waals surface area contributed by atoms with Crippen molar-refractivity contribution in [3.63, 3.8) is 0 Å². The summed E-state index contributed by atoms with van der Waals surface area (Å²) < 4.78 is 9.47. The van der Waals surface area contributed by atoms with Crippen LogP contribution in [0.5, 0.6) is 0 Å². The first-order valence-electron chi connectivity index (χ1n) is 10.7. The summed E-state index contributed by atoms with van der Waals surface area (Å²) in [5.41, 5.74) is 3.48. The van der Waals surface area contributed by atoms with Gasteiger partial charge in [0.05, 0.1) is 25.3 Å². The van der Waals surface area contributed by atoms with E-state index < -0.39 is 0 Å². The normalized spacial score (nSPS) is 11.2. The minimum atomic E-state index is -0.310. The molecule has 174 valence electrons. The molecule has 0 atom stereocenters. The lowest BCUT2D eigenvalue weighted by Gasteiger charge is -2.24. The summed E-state index contributed by atoms with van der Waals surface area (Å²) >= 11 is 0. The monoisotopic (exact) mass is 441 g/mol. The zero-order valence-electron chi connectivity index (χ0n) is 19.8. The average Bonchev–Trinajstić information content (AvgIpc) is 2.81. The highest BCUT2D eigenvalue weighted by molar-refractivity contribution is 5.89. The van der Waals surface area contributed by atoms with E-state index >= 15 is 0 Å². The lowest BCUT2D eigenvalue weighted by atomic mass is 10.1. The van der Waals surface area contributed by atoms with Gasteiger partial charge in [-0.15, -0.1) is 0 Å². The number of carbonyl (C=O) groups is 2. The second-order valence-corrected chi connectivity index (χ2v) is 8.16. The maximum Gasteiger partial charge on any atom is 0.337 e. The molecular weight excluding hydrogens is 406 g/mol. The second-order valence-electron chi connectivity index (χ2n) is 8.16. The van der Waals surface area contributed by atoms with Crippen molar-refractivity contribution >= 4 is 11.9 Å². The molecule has 0 saturated heterocycles. The fraction of sp³-hybridized carbons (Fsp3) is 0.440. The van der Waals surface area contributed by atoms with Crippen LogP contribution in [-0.2, 0) is 22.6 Å². The second kappa shape index (κ2) is 13.0. The third-order valence-corrected chi connectivity index (χ3v) is 5.38. The lowest BCUT2D eigenvalue weighted by Crippen LogP contribution is -2.35. The Bertz CT molecular complexity index is 781. The molecule has 0 amide bonds. The van der Waals surface area contributed by atoms with Crippen molar-refractivity contribution in [2.45, 2.75) is 13.1 Å². The minimum Gasteiger partial charge on any atom is -0.465 e. The van der Waals surface area contributed by atoms with Gasteiger partial charge in [0, 0.05) is 39.3 Å². The summed E-state index contributed by atoms with van der Waals surface area (Å²) in [6, 6.07) is 15.1. The molecule has 0 fully saturated rings. The smallest absolute Gasteiger partial charge is 0.337 e. The van der Waals surface area contributed by atoms with Crippen LogP contribution in [0.15, 0.2) is 48.5 Å². The molecule has 0 aliphatic heterocycles. The summed E-state index contributed by atoms with van der Waals surface area (Å²) in [6.07, 6.45) is 0. The van der Waals surface area contributed by atoms with Crippen molar-refractivity contribution in [1.29, 1.82) is 0 Å². The minimum absolute atomic E-state index is 0.310. The number of hydrogen-bond donors (Lipinski definition) is 0. The number of nitrogens with zero attached hydrogens (tertiary/aromatic N) is 3. The summed E-state index contributed by atoms with van der Waals surface area (Å²) in [7, 11) is 9.13. The Hall–Kier alpha value is -2.74. The first-order chi connectivity index (χ1) is 15.3. The number of ether oxygens (including phenoxy) is 2. The lowest BCUT2D eigenvalue weighted by molar-refractivity contribution is 0.0592. The van der Waals surface area contributed by atoms with Crippen LogP contribution in [0.1, 0.15) is 31.8 Å². The summed E-state index contributed by atoms with van der Waals surface area (Å²) in [6.45, 7) is 5.51. The molecule has 0 unspecified atom stereocenters. The molecule has 7 nitrogen and oxygen atoms in total. The maximum atomic E-state index is 11.5. The Morgan fingerprint density at radius 1 is 0.594 bits per heavy atom. The third kappa shape index (κ3) is 8.42. The van der Waals surface area contributed by atoms with Crippen LogP contribution in [0.3, 0.4) is 0 Å². The summed E-state index contributed by atoms with van der Waals surface area (Å²) in [5, 5.41) is 0. The first-order valence-corrected chi connectivity index (χ1v) is 10.7. The van der Waals surface area contributed by atoms with Crippen LogP contribution < -0.4 is 0 Å². The number of rotatable bonds is 12. The first kappa shape index (κ1) is 25.5. The van der Waals surface area contributed by atoms with Gasteiger partial charge in [-0.05, 0) is 56.5 Å². The number of hydrogen-bond acceptors (Lipinski definition) is 7. The van der Waals surface area contributed by atoms with Gasteiger partial charge in [0.2, 0.25) is 0 Å². The largest absolute Gasteiger partial charge is 0.465 e. The topological polar surface area (TPSA) is 62.3 Å². The van der Waals surface area contributed by atoms with Gasteiger partial charge in [-0.3, -0.25) is 0 Å². The predicted octanol–water partition coefficient (Wildman–Crippen LogP) is 2.76. The molecule has 0 aromatic heterocycles. The maximum absolute atomic E-state index is 11.5. The van der Waals surface area contributed by atoms with E-state index in [1.165, 1.54) is 25.3 Å². The number of carbonyl (C=O) groups excluding carboxylic acids is 2. The molecule has 0 heterocycles. The van der Waals surface area contributed by atoms with E-state index in [-0.39, 0.29) is 11.9 Å². The zero-order valence-corrected chi connectivity index (χ0v) is 19.8. The van der Waals surface area contributed by atoms with E-state index in [1.807, 2.05) is 24.3 Å². The molecule has 0 aliphatic carbocycles. The van der Waals surface area contributed by atoms with Gasteiger partial charge in [0.15, 0.2) is 0 Å². The van der Waals surface area contributed by atoms with Gasteiger partial charge in [-0.2, -0.15) is 0 Å². The molecule has 0 aliphatic rings. The molecule has 32 heavy (non-hydrogen) atoms. The summed E-state index contributed by atoms with van der Waals surface area (Å²) in [5.74, 6) is -0.621. The fourth-order valence-electron chi connectivity index (χ4n) is 3.30. The van der Waals surface area contributed by atoms with Gasteiger partial charge in [-0.25, -0.2) is 9.59 Å². The Morgan fingerprint density at radius 2 is 0.906 bits per heavy atom. The van der Waals surface area contributed by atoms with Gasteiger partial charge in [-0.1, -0.05) is 24.3 Å². The third-order valence-electron chi connectivity index (χ3n) is 5.38. The highest BCUT2D eigenvalue weighted by Gasteiger charge is 2.09. The standard InChI is InChI=1S/C25H35N3O4/c1-26(14-16-27(2)18-20-6-10-22(11-7-20)24(29)31-4)15-17-28(3)19-21-8-12-23(13-9-21)25(30)32-5/h6-13H,14-19H2,1-5H3. The molecular formula is C25H35N3O4. The van der Waals surface area contributed by atoms with E-state index in [4.69, 9.17) is 9.47 Å². The number of esters is 2. The van der Waals surface area contributed by atoms with Crippen LogP contribution in [0, 0.1) is 0 Å². The van der Waals surface area contributed by atoms with Crippen molar-refractivity contribution < 1.29 is 19.1 Å². The van der Waals surface area contributed by atoms with Crippen LogP contribution in [0.4, 0.5) is 0 Å². The highest BCUT2D eigenvalue weighted by atomic mass is 16.5. The number of likely N-dealkylation sites (N-methyl/N-ethyl adjacent to an activating group) is 3. The Labute approximate surface area is 191 Å². The van der Waals surface area contributed by atoms with E-state index in [1.54, 1.807) is 24.3 Å². The molecule has 0 saturated carbocycles. The van der Waals surface area contributed by atoms with Crippen LogP contribution in [0.2, 0.25) is 0 Å². The van der Waals surface area contributed by atoms with Crippen molar-refractivity contribution in [2.24, 2.45) is 0 Å². The molecule has 0 radical (unpaired) electrons. The van der Waals surface area contributed by atoms with Crippen molar-refractivity contribution in [3.05, 3.63) is 70.8 Å². The van der Waals surface area contributed by atoms with Crippen LogP contribution >= 0.6 is 0 Å².